The first-order valence-electron chi connectivity index (χ1n) is 6.42. The Morgan fingerprint density at radius 2 is 1.95 bits per heavy atom. The van der Waals surface area contributed by atoms with Crippen molar-refractivity contribution < 1.29 is 9.53 Å². The predicted octanol–water partition coefficient (Wildman–Crippen LogP) is 1.85. The van der Waals surface area contributed by atoms with E-state index >= 15 is 0 Å². The minimum absolute atomic E-state index is 0.221. The highest BCUT2D eigenvalue weighted by Gasteiger charge is 2.21. The molecule has 0 saturated carbocycles. The standard InChI is InChI=1S/C15H14N4O2/c1-18-14(13(21-2)10-16-18)15(20)12-8-9-19(17-12)11-6-4-3-5-7-11/h3-10H,1-2H3. The molecular formula is C15H14N4O2. The van der Waals surface area contributed by atoms with E-state index in [0.29, 0.717) is 17.1 Å². The highest BCUT2D eigenvalue weighted by molar-refractivity contribution is 6.08. The van der Waals surface area contributed by atoms with Gasteiger partial charge in [0.15, 0.2) is 11.4 Å². The fourth-order valence-electron chi connectivity index (χ4n) is 2.12. The fourth-order valence-corrected chi connectivity index (χ4v) is 2.12. The van der Waals surface area contributed by atoms with E-state index in [2.05, 4.69) is 10.2 Å². The number of para-hydroxylation sites is 1. The van der Waals surface area contributed by atoms with Crippen molar-refractivity contribution in [3.63, 3.8) is 0 Å². The summed E-state index contributed by atoms with van der Waals surface area (Å²) in [5.41, 5.74) is 1.63. The molecule has 0 atom stereocenters. The number of aryl methyl sites for hydroxylation is 1. The van der Waals surface area contributed by atoms with Gasteiger partial charge < -0.3 is 4.74 Å². The van der Waals surface area contributed by atoms with Crippen LogP contribution in [0.25, 0.3) is 5.69 Å². The molecule has 0 aliphatic rings. The number of nitrogens with zero attached hydrogens (tertiary/aromatic N) is 4. The van der Waals surface area contributed by atoms with Gasteiger partial charge in [0.25, 0.3) is 0 Å². The van der Waals surface area contributed by atoms with E-state index in [4.69, 9.17) is 4.74 Å². The summed E-state index contributed by atoms with van der Waals surface area (Å²) in [6, 6.07) is 11.3. The van der Waals surface area contributed by atoms with Crippen LogP contribution in [0, 0.1) is 0 Å². The molecule has 3 aromatic rings. The lowest BCUT2D eigenvalue weighted by Crippen LogP contribution is -2.11. The molecule has 0 radical (unpaired) electrons. The van der Waals surface area contributed by atoms with Gasteiger partial charge in [0.2, 0.25) is 5.78 Å². The summed E-state index contributed by atoms with van der Waals surface area (Å²) in [4.78, 5) is 12.5. The number of aromatic nitrogens is 4. The summed E-state index contributed by atoms with van der Waals surface area (Å²) in [5.74, 6) is 0.221. The maximum atomic E-state index is 12.5. The third-order valence-electron chi connectivity index (χ3n) is 3.18. The zero-order valence-electron chi connectivity index (χ0n) is 11.7. The van der Waals surface area contributed by atoms with Crippen molar-refractivity contribution >= 4 is 5.78 Å². The molecule has 106 valence electrons. The van der Waals surface area contributed by atoms with Gasteiger partial charge in [0.1, 0.15) is 5.69 Å². The van der Waals surface area contributed by atoms with Crippen LogP contribution in [-0.4, -0.2) is 32.5 Å². The second-order valence-electron chi connectivity index (χ2n) is 4.50. The van der Waals surface area contributed by atoms with Gasteiger partial charge in [-0.15, -0.1) is 0 Å². The zero-order valence-corrected chi connectivity index (χ0v) is 11.7. The van der Waals surface area contributed by atoms with Gasteiger partial charge >= 0.3 is 0 Å². The molecule has 0 fully saturated rings. The zero-order chi connectivity index (χ0) is 14.8. The molecule has 0 saturated heterocycles. The molecule has 21 heavy (non-hydrogen) atoms. The van der Waals surface area contributed by atoms with E-state index in [9.17, 15) is 4.79 Å². The van der Waals surface area contributed by atoms with Crippen LogP contribution in [0.3, 0.4) is 0 Å². The predicted molar refractivity (Wildman–Crippen MR) is 76.8 cm³/mol. The normalized spacial score (nSPS) is 10.6. The number of benzene rings is 1. The van der Waals surface area contributed by atoms with Crippen molar-refractivity contribution in [2.24, 2.45) is 7.05 Å². The first-order valence-corrected chi connectivity index (χ1v) is 6.42. The topological polar surface area (TPSA) is 61.9 Å². The average molecular weight is 282 g/mol. The van der Waals surface area contributed by atoms with Crippen LogP contribution in [0.4, 0.5) is 0 Å². The lowest BCUT2D eigenvalue weighted by Gasteiger charge is -2.02. The van der Waals surface area contributed by atoms with Gasteiger partial charge in [0, 0.05) is 13.2 Å². The number of carbonyl (C=O) groups excluding carboxylic acids is 1. The van der Waals surface area contributed by atoms with Crippen LogP contribution in [0.1, 0.15) is 16.2 Å². The third-order valence-corrected chi connectivity index (χ3v) is 3.18. The molecule has 0 N–H and O–H groups in total. The number of hydrogen-bond acceptors (Lipinski definition) is 4. The number of ether oxygens (including phenoxy) is 1. The number of methoxy groups -OCH3 is 1. The van der Waals surface area contributed by atoms with Gasteiger partial charge in [-0.05, 0) is 18.2 Å². The SMILES string of the molecule is COc1cnn(C)c1C(=O)c1ccn(-c2ccccc2)n1. The van der Waals surface area contributed by atoms with E-state index in [1.54, 1.807) is 24.0 Å². The van der Waals surface area contributed by atoms with Crippen molar-refractivity contribution in [2.75, 3.05) is 7.11 Å². The molecule has 0 bridgehead atoms. The molecule has 0 unspecified atom stereocenters. The smallest absolute Gasteiger partial charge is 0.235 e. The monoisotopic (exact) mass is 282 g/mol. The molecule has 0 aliphatic heterocycles. The Kier molecular flexibility index (Phi) is 3.27. The van der Waals surface area contributed by atoms with Crippen LogP contribution in [0.2, 0.25) is 0 Å². The summed E-state index contributed by atoms with van der Waals surface area (Å²) in [5, 5.41) is 8.36. The Morgan fingerprint density at radius 3 is 2.67 bits per heavy atom. The summed E-state index contributed by atoms with van der Waals surface area (Å²) in [6.07, 6.45) is 3.27. The van der Waals surface area contributed by atoms with Gasteiger partial charge in [-0.25, -0.2) is 4.68 Å². The largest absolute Gasteiger partial charge is 0.493 e. The second-order valence-corrected chi connectivity index (χ2v) is 4.50. The van der Waals surface area contributed by atoms with Crippen LogP contribution >= 0.6 is 0 Å². The molecule has 2 aromatic heterocycles. The lowest BCUT2D eigenvalue weighted by atomic mass is 10.2. The second kappa shape index (κ2) is 5.24. The van der Waals surface area contributed by atoms with E-state index < -0.39 is 0 Å². The molecule has 0 aliphatic carbocycles. The van der Waals surface area contributed by atoms with E-state index in [-0.39, 0.29) is 5.78 Å². The number of ketones is 1. The fraction of sp³-hybridized carbons (Fsp3) is 0.133. The van der Waals surface area contributed by atoms with E-state index in [1.165, 1.54) is 18.0 Å². The molecule has 3 rings (SSSR count). The Hall–Kier alpha value is -2.89. The maximum Gasteiger partial charge on any atom is 0.235 e. The summed E-state index contributed by atoms with van der Waals surface area (Å²) < 4.78 is 8.31. The molecule has 1 aromatic carbocycles. The molecule has 6 heteroatoms. The Balaban J connectivity index is 1.97. The van der Waals surface area contributed by atoms with Crippen molar-refractivity contribution in [2.45, 2.75) is 0 Å². The summed E-state index contributed by atoms with van der Waals surface area (Å²) in [6.45, 7) is 0. The minimum Gasteiger partial charge on any atom is -0.493 e. The molecule has 0 spiro atoms. The van der Waals surface area contributed by atoms with Gasteiger partial charge in [-0.3, -0.25) is 9.48 Å². The van der Waals surface area contributed by atoms with Crippen molar-refractivity contribution in [1.29, 1.82) is 0 Å². The van der Waals surface area contributed by atoms with E-state index in [0.717, 1.165) is 5.69 Å². The summed E-state index contributed by atoms with van der Waals surface area (Å²) in [7, 11) is 3.21. The van der Waals surface area contributed by atoms with Crippen LogP contribution in [0.15, 0.2) is 48.8 Å². The van der Waals surface area contributed by atoms with Crippen LogP contribution in [0.5, 0.6) is 5.75 Å². The van der Waals surface area contributed by atoms with Gasteiger partial charge in [-0.2, -0.15) is 10.2 Å². The highest BCUT2D eigenvalue weighted by Crippen LogP contribution is 2.20. The quantitative estimate of drug-likeness (QED) is 0.685. The minimum atomic E-state index is -0.221. The molecule has 0 amide bonds. The van der Waals surface area contributed by atoms with Crippen molar-refractivity contribution in [3.05, 3.63) is 60.2 Å². The lowest BCUT2D eigenvalue weighted by molar-refractivity contribution is 0.102. The van der Waals surface area contributed by atoms with Crippen molar-refractivity contribution in [1.82, 2.24) is 19.6 Å². The number of hydrogen-bond donors (Lipinski definition) is 0. The first-order chi connectivity index (χ1) is 10.2. The number of carbonyl (C=O) groups is 1. The molecule has 2 heterocycles. The van der Waals surface area contributed by atoms with Crippen LogP contribution < -0.4 is 4.74 Å². The summed E-state index contributed by atoms with van der Waals surface area (Å²) >= 11 is 0. The highest BCUT2D eigenvalue weighted by atomic mass is 16.5. The third kappa shape index (κ3) is 2.31. The molecule has 6 nitrogen and oxygen atoms in total. The van der Waals surface area contributed by atoms with Crippen LogP contribution in [-0.2, 0) is 7.05 Å². The van der Waals surface area contributed by atoms with Gasteiger partial charge in [0.05, 0.1) is 19.0 Å². The number of rotatable bonds is 4. The van der Waals surface area contributed by atoms with E-state index in [1.807, 2.05) is 30.3 Å². The maximum absolute atomic E-state index is 12.5. The molecular weight excluding hydrogens is 268 g/mol. The van der Waals surface area contributed by atoms with Gasteiger partial charge in [-0.1, -0.05) is 18.2 Å². The Bertz CT molecular complexity index is 774. The van der Waals surface area contributed by atoms with Crippen molar-refractivity contribution in [3.8, 4) is 11.4 Å². The Morgan fingerprint density at radius 1 is 1.19 bits per heavy atom. The Labute approximate surface area is 121 Å². The average Bonchev–Trinajstić information content (AvgIpc) is 3.14. The first kappa shape index (κ1) is 13.1.